The van der Waals surface area contributed by atoms with E-state index in [0.29, 0.717) is 5.25 Å². The molecule has 0 heterocycles. The van der Waals surface area contributed by atoms with Gasteiger partial charge in [0.1, 0.15) is 0 Å². The minimum atomic E-state index is -3.61. The summed E-state index contributed by atoms with van der Waals surface area (Å²) < 4.78 is 29.4. The van der Waals surface area contributed by atoms with Gasteiger partial charge in [-0.2, -0.15) is 20.2 Å². The second-order valence-electron chi connectivity index (χ2n) is 9.72. The van der Waals surface area contributed by atoms with Crippen molar-refractivity contribution in [2.75, 3.05) is 12.4 Å². The molecule has 0 saturated heterocycles. The van der Waals surface area contributed by atoms with Gasteiger partial charge in [-0.15, -0.1) is 0 Å². The van der Waals surface area contributed by atoms with Crippen LogP contribution in [0.15, 0.2) is 35.2 Å². The maximum atomic E-state index is 12.1. The van der Waals surface area contributed by atoms with Crippen molar-refractivity contribution in [2.24, 2.45) is 0 Å². The van der Waals surface area contributed by atoms with Crippen LogP contribution in [0.3, 0.4) is 0 Å². The van der Waals surface area contributed by atoms with Crippen molar-refractivity contribution in [3.05, 3.63) is 30.3 Å². The summed E-state index contributed by atoms with van der Waals surface area (Å²) in [5.74, 6) is 1.21. The molecule has 1 atom stereocenters. The highest BCUT2D eigenvalue weighted by molar-refractivity contribution is 7.99. The number of hydrogen-bond donors (Lipinski definition) is 0. The zero-order chi connectivity index (χ0) is 24.7. The number of benzene rings is 1. The van der Waals surface area contributed by atoms with Crippen LogP contribution in [0, 0.1) is 0 Å². The molecule has 0 aliphatic heterocycles. The lowest BCUT2D eigenvalue weighted by Gasteiger charge is -2.11. The summed E-state index contributed by atoms with van der Waals surface area (Å²) in [5.41, 5.74) is 0. The van der Waals surface area contributed by atoms with Crippen LogP contribution in [0.4, 0.5) is 0 Å². The molecule has 0 fully saturated rings. The van der Waals surface area contributed by atoms with Crippen molar-refractivity contribution in [1.29, 1.82) is 0 Å². The van der Waals surface area contributed by atoms with E-state index in [9.17, 15) is 8.42 Å². The lowest BCUT2D eigenvalue weighted by molar-refractivity contribution is 0.308. The Labute approximate surface area is 216 Å². The Bertz CT molecular complexity index is 661. The third kappa shape index (κ3) is 17.8. The van der Waals surface area contributed by atoms with Crippen molar-refractivity contribution in [1.82, 2.24) is 0 Å². The third-order valence-corrected chi connectivity index (χ3v) is 9.08. The van der Waals surface area contributed by atoms with E-state index in [1.165, 1.54) is 108 Å². The van der Waals surface area contributed by atoms with E-state index in [0.717, 1.165) is 12.8 Å². The molecular weight excluding hydrogens is 460 g/mol. The summed E-state index contributed by atoms with van der Waals surface area (Å²) in [5, 5.41) is 0.555. The molecule has 5 heteroatoms. The number of thioether (sulfide) groups is 1. The van der Waals surface area contributed by atoms with Gasteiger partial charge in [-0.3, -0.25) is 4.18 Å². The molecule has 0 amide bonds. The Morgan fingerprint density at radius 3 is 1.68 bits per heavy atom. The Kier molecular flexibility index (Phi) is 20.1. The van der Waals surface area contributed by atoms with Gasteiger partial charge in [0.05, 0.1) is 11.5 Å². The molecule has 34 heavy (non-hydrogen) atoms. The van der Waals surface area contributed by atoms with E-state index in [4.69, 9.17) is 4.18 Å². The van der Waals surface area contributed by atoms with Crippen molar-refractivity contribution >= 4 is 21.9 Å². The van der Waals surface area contributed by atoms with Crippen LogP contribution in [0.25, 0.3) is 0 Å². The van der Waals surface area contributed by atoms with Crippen LogP contribution in [-0.2, 0) is 14.3 Å². The first-order valence-electron chi connectivity index (χ1n) is 14.1. The number of rotatable bonds is 24. The van der Waals surface area contributed by atoms with Gasteiger partial charge < -0.3 is 0 Å². The normalized spacial score (nSPS) is 12.8. The van der Waals surface area contributed by atoms with Crippen LogP contribution in [-0.4, -0.2) is 26.0 Å². The number of unbranched alkanes of at least 4 members (excludes halogenated alkanes) is 15. The van der Waals surface area contributed by atoms with Crippen molar-refractivity contribution < 1.29 is 12.6 Å². The predicted molar refractivity (Wildman–Crippen MR) is 150 cm³/mol. The second-order valence-corrected chi connectivity index (χ2v) is 12.9. The minimum Gasteiger partial charge on any atom is -0.266 e. The molecule has 0 aliphatic carbocycles. The lowest BCUT2D eigenvalue weighted by Crippen LogP contribution is -2.09. The van der Waals surface area contributed by atoms with Gasteiger partial charge in [0.25, 0.3) is 10.1 Å². The van der Waals surface area contributed by atoms with E-state index in [1.807, 2.05) is 11.8 Å². The molecule has 198 valence electrons. The summed E-state index contributed by atoms with van der Waals surface area (Å²) in [6.45, 7) is 4.79. The zero-order valence-electron chi connectivity index (χ0n) is 22.1. The van der Waals surface area contributed by atoms with E-state index in [1.54, 1.807) is 30.3 Å². The summed E-state index contributed by atoms with van der Waals surface area (Å²) in [6.07, 6.45) is 24.3. The quantitative estimate of drug-likeness (QED) is 0.102. The first kappa shape index (κ1) is 31.5. The predicted octanol–water partition coefficient (Wildman–Crippen LogP) is 9.56. The fourth-order valence-electron chi connectivity index (χ4n) is 4.21. The average molecular weight is 513 g/mol. The molecule has 0 radical (unpaired) electrons. The fourth-order valence-corrected chi connectivity index (χ4v) is 6.28. The smallest absolute Gasteiger partial charge is 0.266 e. The summed E-state index contributed by atoms with van der Waals surface area (Å²) in [7, 11) is -3.61. The molecule has 0 aliphatic rings. The minimum absolute atomic E-state index is 0.237. The molecule has 0 spiro atoms. The fraction of sp³-hybridized carbons (Fsp3) is 0.793. The van der Waals surface area contributed by atoms with Gasteiger partial charge in [-0.05, 0) is 37.1 Å². The largest absolute Gasteiger partial charge is 0.296 e. The molecule has 0 bridgehead atoms. The second kappa shape index (κ2) is 21.7. The molecule has 1 aromatic rings. The van der Waals surface area contributed by atoms with Crippen molar-refractivity contribution in [2.45, 2.75) is 140 Å². The van der Waals surface area contributed by atoms with Crippen LogP contribution in [0.5, 0.6) is 0 Å². The van der Waals surface area contributed by atoms with E-state index in [-0.39, 0.29) is 11.5 Å². The van der Waals surface area contributed by atoms with Crippen LogP contribution in [0.1, 0.15) is 129 Å². The molecule has 0 saturated carbocycles. The van der Waals surface area contributed by atoms with Gasteiger partial charge in [-0.1, -0.05) is 128 Å². The zero-order valence-corrected chi connectivity index (χ0v) is 23.8. The Balaban J connectivity index is 1.82. The maximum absolute atomic E-state index is 12.1. The van der Waals surface area contributed by atoms with E-state index in [2.05, 4.69) is 13.8 Å². The molecule has 0 aromatic heterocycles. The van der Waals surface area contributed by atoms with Gasteiger partial charge >= 0.3 is 0 Å². The number of hydrogen-bond acceptors (Lipinski definition) is 4. The standard InChI is InChI=1S/C29H52O3S2/c1-3-4-5-6-7-8-9-10-11-12-13-14-15-16-17-21-27-33-28(2)23-22-26-32-34(30,31)29-24-19-18-20-25-29/h18-20,24-25,28H,3-17,21-23,26-27H2,1-2H3. The molecular formula is C29H52O3S2. The van der Waals surface area contributed by atoms with E-state index < -0.39 is 10.1 Å². The average Bonchev–Trinajstić information content (AvgIpc) is 2.84. The van der Waals surface area contributed by atoms with Crippen LogP contribution >= 0.6 is 11.8 Å². The Hall–Kier alpha value is -0.520. The highest BCUT2D eigenvalue weighted by Crippen LogP contribution is 2.20. The van der Waals surface area contributed by atoms with Crippen molar-refractivity contribution in [3.8, 4) is 0 Å². The first-order chi connectivity index (χ1) is 16.6. The highest BCUT2D eigenvalue weighted by Gasteiger charge is 2.14. The molecule has 0 N–H and O–H groups in total. The summed E-state index contributed by atoms with van der Waals surface area (Å²) in [4.78, 5) is 0.237. The topological polar surface area (TPSA) is 43.4 Å². The van der Waals surface area contributed by atoms with Crippen LogP contribution in [0.2, 0.25) is 0 Å². The Morgan fingerprint density at radius 2 is 1.18 bits per heavy atom. The van der Waals surface area contributed by atoms with Gasteiger partial charge in [0.2, 0.25) is 0 Å². The molecule has 1 unspecified atom stereocenters. The van der Waals surface area contributed by atoms with Gasteiger partial charge in [0.15, 0.2) is 0 Å². The van der Waals surface area contributed by atoms with Gasteiger partial charge in [0, 0.05) is 5.25 Å². The lowest BCUT2D eigenvalue weighted by atomic mass is 10.0. The molecule has 3 nitrogen and oxygen atoms in total. The summed E-state index contributed by atoms with van der Waals surface area (Å²) >= 11 is 2.01. The maximum Gasteiger partial charge on any atom is 0.296 e. The first-order valence-corrected chi connectivity index (χ1v) is 16.6. The SMILES string of the molecule is CCCCCCCCCCCCCCCCCCSC(C)CCCOS(=O)(=O)c1ccccc1. The molecule has 1 rings (SSSR count). The summed E-state index contributed by atoms with van der Waals surface area (Å²) in [6, 6.07) is 8.39. The monoisotopic (exact) mass is 512 g/mol. The molecule has 1 aromatic carbocycles. The van der Waals surface area contributed by atoms with Crippen LogP contribution < -0.4 is 0 Å². The highest BCUT2D eigenvalue weighted by atomic mass is 32.2. The Morgan fingerprint density at radius 1 is 0.706 bits per heavy atom. The third-order valence-electron chi connectivity index (χ3n) is 6.43. The van der Waals surface area contributed by atoms with Gasteiger partial charge in [-0.25, -0.2) is 0 Å². The van der Waals surface area contributed by atoms with E-state index >= 15 is 0 Å². The van der Waals surface area contributed by atoms with Crippen molar-refractivity contribution in [3.63, 3.8) is 0 Å².